The molecule has 1 unspecified atom stereocenters. The van der Waals surface area contributed by atoms with E-state index in [1.807, 2.05) is 16.9 Å². The highest BCUT2D eigenvalue weighted by molar-refractivity contribution is 5.88. The van der Waals surface area contributed by atoms with Crippen LogP contribution in [-0.2, 0) is 11.2 Å². The minimum absolute atomic E-state index is 0.0276. The van der Waals surface area contributed by atoms with Crippen molar-refractivity contribution in [2.45, 2.75) is 52.5 Å². The van der Waals surface area contributed by atoms with Gasteiger partial charge in [-0.1, -0.05) is 13.8 Å². The van der Waals surface area contributed by atoms with Gasteiger partial charge in [-0.05, 0) is 32.3 Å². The van der Waals surface area contributed by atoms with Gasteiger partial charge in [0.1, 0.15) is 5.78 Å². The molecule has 1 aliphatic carbocycles. The zero-order valence-electron chi connectivity index (χ0n) is 10.4. The van der Waals surface area contributed by atoms with Crippen LogP contribution in [0.15, 0.2) is 12.3 Å². The third kappa shape index (κ3) is 2.18. The second-order valence-corrected chi connectivity index (χ2v) is 5.20. The summed E-state index contributed by atoms with van der Waals surface area (Å²) in [5, 5.41) is 4.46. The molecule has 0 aliphatic heterocycles. The molecule has 2 rings (SSSR count). The molecular weight excluding hydrogens is 200 g/mol. The fourth-order valence-electron chi connectivity index (χ4n) is 1.75. The Bertz CT molecular complexity index is 390. The van der Waals surface area contributed by atoms with Gasteiger partial charge in [-0.15, -0.1) is 0 Å². The van der Waals surface area contributed by atoms with Gasteiger partial charge in [0, 0.05) is 17.7 Å². The molecule has 1 fully saturated rings. The van der Waals surface area contributed by atoms with E-state index in [1.165, 1.54) is 0 Å². The number of rotatable bonds is 5. The maximum Gasteiger partial charge on any atom is 0.144 e. The first-order chi connectivity index (χ1) is 7.55. The van der Waals surface area contributed by atoms with Gasteiger partial charge in [0.2, 0.25) is 0 Å². The first-order valence-electron chi connectivity index (χ1n) is 6.12. The molecular formula is C13H20N2O. The summed E-state index contributed by atoms with van der Waals surface area (Å²) < 4.78 is 1.96. The third-order valence-electron chi connectivity index (χ3n) is 3.72. The number of hydrogen-bond donors (Lipinski definition) is 0. The van der Waals surface area contributed by atoms with E-state index in [0.717, 1.165) is 25.0 Å². The summed E-state index contributed by atoms with van der Waals surface area (Å²) in [6, 6.07) is 2.39. The number of carbonyl (C=O) groups excluding carboxylic acids is 1. The summed E-state index contributed by atoms with van der Waals surface area (Å²) in [5.41, 5.74) is 0.888. The van der Waals surface area contributed by atoms with Crippen LogP contribution in [0, 0.1) is 5.41 Å². The summed E-state index contributed by atoms with van der Waals surface area (Å²) in [4.78, 5) is 11.9. The van der Waals surface area contributed by atoms with E-state index in [9.17, 15) is 4.79 Å². The van der Waals surface area contributed by atoms with Crippen molar-refractivity contribution in [3.63, 3.8) is 0 Å². The lowest BCUT2D eigenvalue weighted by molar-refractivity contribution is -0.122. The van der Waals surface area contributed by atoms with Crippen molar-refractivity contribution in [1.29, 1.82) is 0 Å². The zero-order valence-corrected chi connectivity index (χ0v) is 10.4. The standard InChI is InChI=1S/C13H20N2O/c1-4-10(2)15-8-5-11(14-15)9-12(16)13(3)6-7-13/h5,8,10H,4,6-7,9H2,1-3H3. The second-order valence-electron chi connectivity index (χ2n) is 5.20. The summed E-state index contributed by atoms with van der Waals surface area (Å²) in [5.74, 6) is 0.349. The number of carbonyl (C=O) groups is 1. The molecule has 0 saturated heterocycles. The number of aromatic nitrogens is 2. The predicted molar refractivity (Wildman–Crippen MR) is 63.3 cm³/mol. The SMILES string of the molecule is CCC(C)n1ccc(CC(=O)C2(C)CC2)n1. The number of nitrogens with zero attached hydrogens (tertiary/aromatic N) is 2. The Balaban J connectivity index is 2.00. The molecule has 1 saturated carbocycles. The molecule has 1 aliphatic rings. The molecule has 0 radical (unpaired) electrons. The molecule has 0 spiro atoms. The maximum absolute atomic E-state index is 11.9. The lowest BCUT2D eigenvalue weighted by Crippen LogP contribution is -2.15. The van der Waals surface area contributed by atoms with Crippen LogP contribution in [0.3, 0.4) is 0 Å². The minimum Gasteiger partial charge on any atom is -0.299 e. The Kier molecular flexibility index (Phi) is 2.87. The zero-order chi connectivity index (χ0) is 11.8. The number of ketones is 1. The van der Waals surface area contributed by atoms with Crippen LogP contribution in [0.5, 0.6) is 0 Å². The van der Waals surface area contributed by atoms with Crippen LogP contribution in [-0.4, -0.2) is 15.6 Å². The highest BCUT2D eigenvalue weighted by Crippen LogP contribution is 2.46. The van der Waals surface area contributed by atoms with E-state index in [4.69, 9.17) is 0 Å². The topological polar surface area (TPSA) is 34.9 Å². The smallest absolute Gasteiger partial charge is 0.144 e. The molecule has 1 aromatic rings. The minimum atomic E-state index is -0.0276. The molecule has 0 amide bonds. The Morgan fingerprint density at radius 2 is 2.31 bits per heavy atom. The Morgan fingerprint density at radius 3 is 2.88 bits per heavy atom. The fraction of sp³-hybridized carbons (Fsp3) is 0.692. The van der Waals surface area contributed by atoms with Crippen LogP contribution >= 0.6 is 0 Å². The van der Waals surface area contributed by atoms with Gasteiger partial charge in [0.25, 0.3) is 0 Å². The lowest BCUT2D eigenvalue weighted by Gasteiger charge is -2.08. The summed E-state index contributed by atoms with van der Waals surface area (Å²) in [6.07, 6.45) is 5.65. The molecule has 16 heavy (non-hydrogen) atoms. The molecule has 1 aromatic heterocycles. The van der Waals surface area contributed by atoms with Gasteiger partial charge >= 0.3 is 0 Å². The molecule has 0 bridgehead atoms. The molecule has 0 N–H and O–H groups in total. The maximum atomic E-state index is 11.9. The highest BCUT2D eigenvalue weighted by atomic mass is 16.1. The molecule has 1 heterocycles. The molecule has 1 atom stereocenters. The van der Waals surface area contributed by atoms with Crippen LogP contribution in [0.1, 0.15) is 51.8 Å². The number of Topliss-reactive ketones (excluding diaryl/α,β-unsaturated/α-hetero) is 1. The molecule has 0 aromatic carbocycles. The Labute approximate surface area is 96.8 Å². The van der Waals surface area contributed by atoms with Gasteiger partial charge in [0.05, 0.1) is 12.1 Å². The lowest BCUT2D eigenvalue weighted by atomic mass is 10.00. The van der Waals surface area contributed by atoms with Crippen molar-refractivity contribution in [3.05, 3.63) is 18.0 Å². The molecule has 3 heteroatoms. The third-order valence-corrected chi connectivity index (χ3v) is 3.72. The van der Waals surface area contributed by atoms with E-state index in [1.54, 1.807) is 0 Å². The summed E-state index contributed by atoms with van der Waals surface area (Å²) in [7, 11) is 0. The van der Waals surface area contributed by atoms with Crippen molar-refractivity contribution in [2.24, 2.45) is 5.41 Å². The first-order valence-corrected chi connectivity index (χ1v) is 6.12. The second kappa shape index (κ2) is 4.04. The van der Waals surface area contributed by atoms with E-state index in [0.29, 0.717) is 18.2 Å². The summed E-state index contributed by atoms with van der Waals surface area (Å²) >= 11 is 0. The van der Waals surface area contributed by atoms with Crippen molar-refractivity contribution < 1.29 is 4.79 Å². The van der Waals surface area contributed by atoms with Gasteiger partial charge in [0.15, 0.2) is 0 Å². The van der Waals surface area contributed by atoms with E-state index in [2.05, 4.69) is 25.9 Å². The monoisotopic (exact) mass is 220 g/mol. The molecule has 3 nitrogen and oxygen atoms in total. The quantitative estimate of drug-likeness (QED) is 0.764. The Morgan fingerprint density at radius 1 is 1.62 bits per heavy atom. The van der Waals surface area contributed by atoms with Crippen molar-refractivity contribution in [1.82, 2.24) is 9.78 Å². The summed E-state index contributed by atoms with van der Waals surface area (Å²) in [6.45, 7) is 6.34. The van der Waals surface area contributed by atoms with Crippen LogP contribution in [0.2, 0.25) is 0 Å². The molecule has 88 valence electrons. The largest absolute Gasteiger partial charge is 0.299 e. The van der Waals surface area contributed by atoms with Gasteiger partial charge in [-0.3, -0.25) is 9.48 Å². The van der Waals surface area contributed by atoms with Gasteiger partial charge in [-0.2, -0.15) is 5.10 Å². The van der Waals surface area contributed by atoms with E-state index >= 15 is 0 Å². The Hall–Kier alpha value is -1.12. The van der Waals surface area contributed by atoms with E-state index in [-0.39, 0.29) is 5.41 Å². The van der Waals surface area contributed by atoms with Gasteiger partial charge < -0.3 is 0 Å². The van der Waals surface area contributed by atoms with Crippen LogP contribution in [0.25, 0.3) is 0 Å². The van der Waals surface area contributed by atoms with E-state index < -0.39 is 0 Å². The number of hydrogen-bond acceptors (Lipinski definition) is 2. The van der Waals surface area contributed by atoms with Gasteiger partial charge in [-0.25, -0.2) is 0 Å². The predicted octanol–water partition coefficient (Wildman–Crippen LogP) is 2.77. The average Bonchev–Trinajstić information content (AvgIpc) is 2.86. The normalized spacial score (nSPS) is 19.4. The van der Waals surface area contributed by atoms with Crippen molar-refractivity contribution in [2.75, 3.05) is 0 Å². The fourth-order valence-corrected chi connectivity index (χ4v) is 1.75. The van der Waals surface area contributed by atoms with Crippen LogP contribution < -0.4 is 0 Å². The average molecular weight is 220 g/mol. The first kappa shape index (κ1) is 11.4. The van der Waals surface area contributed by atoms with Crippen molar-refractivity contribution in [3.8, 4) is 0 Å². The van der Waals surface area contributed by atoms with Crippen molar-refractivity contribution >= 4 is 5.78 Å². The highest BCUT2D eigenvalue weighted by Gasteiger charge is 2.44. The van der Waals surface area contributed by atoms with Crippen LogP contribution in [0.4, 0.5) is 0 Å².